The highest BCUT2D eigenvalue weighted by atomic mass is 28.3. The third-order valence-corrected chi connectivity index (χ3v) is 20.6. The number of nitrogens with zero attached hydrogens (tertiary/aromatic N) is 2. The Hall–Kier alpha value is -7.97. The van der Waals surface area contributed by atoms with E-state index < -0.39 is 16.1 Å². The second-order valence-corrected chi connectivity index (χ2v) is 29.9. The van der Waals surface area contributed by atoms with E-state index in [0.29, 0.717) is 0 Å². The van der Waals surface area contributed by atoms with Gasteiger partial charge in [-0.05, 0) is 133 Å². The number of anilines is 6. The second kappa shape index (κ2) is 16.1. The van der Waals surface area contributed by atoms with Crippen LogP contribution in [0.4, 0.5) is 34.1 Å². The second-order valence-electron chi connectivity index (χ2n) is 20.5. The third-order valence-electron chi connectivity index (χ3n) is 15.0. The highest BCUT2D eigenvalue weighted by molar-refractivity contribution is 7.03. The molecule has 0 radical (unpaired) electrons. The van der Waals surface area contributed by atoms with Crippen molar-refractivity contribution in [3.8, 4) is 22.3 Å². The first kappa shape index (κ1) is 42.2. The summed E-state index contributed by atoms with van der Waals surface area (Å²) >= 11 is 0. The summed E-state index contributed by atoms with van der Waals surface area (Å²) in [5, 5.41) is 14.3. The van der Waals surface area contributed by atoms with Gasteiger partial charge in [-0.3, -0.25) is 0 Å². The summed E-state index contributed by atoms with van der Waals surface area (Å²) in [5.74, 6) is 0. The summed E-state index contributed by atoms with van der Waals surface area (Å²) < 4.78 is 6.40. The Morgan fingerprint density at radius 3 is 1.74 bits per heavy atom. The first-order valence-electron chi connectivity index (χ1n) is 24.5. The summed E-state index contributed by atoms with van der Waals surface area (Å²) in [5.41, 5.74) is 13.6. The molecule has 11 aromatic carbocycles. The van der Waals surface area contributed by atoms with Gasteiger partial charge in [0.05, 0.1) is 19.4 Å². The number of hydrogen-bond acceptors (Lipinski definition) is 3. The number of benzene rings is 11. The topological polar surface area (TPSA) is 19.6 Å². The number of rotatable bonds is 8. The van der Waals surface area contributed by atoms with Crippen LogP contribution in [0.2, 0.25) is 32.7 Å². The molecule has 0 bridgehead atoms. The van der Waals surface area contributed by atoms with Crippen LogP contribution in [0.1, 0.15) is 0 Å². The van der Waals surface area contributed by atoms with Gasteiger partial charge in [-0.25, -0.2) is 0 Å². The molecular formula is C65H52N2OSi2. The smallest absolute Gasteiger partial charge is 0.135 e. The van der Waals surface area contributed by atoms with Crippen LogP contribution in [0.5, 0.6) is 0 Å². The maximum atomic E-state index is 6.40. The minimum atomic E-state index is -2.28. The first-order valence-corrected chi connectivity index (χ1v) is 31.0. The van der Waals surface area contributed by atoms with Gasteiger partial charge in [-0.1, -0.05) is 184 Å². The number of para-hydroxylation sites is 3. The van der Waals surface area contributed by atoms with Gasteiger partial charge in [0.15, 0.2) is 0 Å². The fraction of sp³-hybridized carbons (Fsp3) is 0.0769. The normalized spacial score (nSPS) is 13.0. The molecule has 1 aromatic heterocycles. The quantitative estimate of drug-likeness (QED) is 0.112. The lowest BCUT2D eigenvalue weighted by Gasteiger charge is -2.36. The molecule has 0 N–H and O–H groups in total. The molecule has 0 amide bonds. The van der Waals surface area contributed by atoms with Crippen molar-refractivity contribution in [1.29, 1.82) is 0 Å². The van der Waals surface area contributed by atoms with Crippen molar-refractivity contribution >= 4 is 120 Å². The van der Waals surface area contributed by atoms with Gasteiger partial charge in [-0.15, -0.1) is 0 Å². The van der Waals surface area contributed by atoms with E-state index in [0.717, 1.165) is 44.7 Å². The molecule has 1 aliphatic rings. The molecule has 0 spiro atoms. The van der Waals surface area contributed by atoms with E-state index >= 15 is 0 Å². The van der Waals surface area contributed by atoms with Crippen molar-refractivity contribution in [3.63, 3.8) is 0 Å². The van der Waals surface area contributed by atoms with Crippen LogP contribution in [-0.4, -0.2) is 16.1 Å². The monoisotopic (exact) mass is 932 g/mol. The van der Waals surface area contributed by atoms with E-state index in [1.807, 2.05) is 6.07 Å². The zero-order valence-corrected chi connectivity index (χ0v) is 42.2. The molecule has 0 atom stereocenters. The van der Waals surface area contributed by atoms with Crippen LogP contribution >= 0.6 is 0 Å². The first-order chi connectivity index (χ1) is 34.1. The average molecular weight is 933 g/mol. The van der Waals surface area contributed by atoms with Crippen LogP contribution in [0.3, 0.4) is 0 Å². The molecule has 336 valence electrons. The van der Waals surface area contributed by atoms with E-state index in [1.165, 1.54) is 81.5 Å². The highest BCUT2D eigenvalue weighted by Gasteiger charge is 2.37. The van der Waals surface area contributed by atoms with Gasteiger partial charge in [-0.2, -0.15) is 0 Å². The molecule has 70 heavy (non-hydrogen) atoms. The van der Waals surface area contributed by atoms with Crippen molar-refractivity contribution in [1.82, 2.24) is 0 Å². The summed E-state index contributed by atoms with van der Waals surface area (Å²) in [4.78, 5) is 4.94. The van der Waals surface area contributed by atoms with Gasteiger partial charge < -0.3 is 14.2 Å². The van der Waals surface area contributed by atoms with E-state index in [-0.39, 0.29) is 0 Å². The molecule has 13 rings (SSSR count). The molecule has 5 heteroatoms. The van der Waals surface area contributed by atoms with Crippen molar-refractivity contribution in [2.75, 3.05) is 9.80 Å². The van der Waals surface area contributed by atoms with Gasteiger partial charge in [0.2, 0.25) is 0 Å². The fourth-order valence-corrected chi connectivity index (χ4v) is 15.7. The third kappa shape index (κ3) is 6.68. The summed E-state index contributed by atoms with van der Waals surface area (Å²) in [6, 6.07) is 83.4. The molecule has 3 nitrogen and oxygen atoms in total. The average Bonchev–Trinajstić information content (AvgIpc) is 3.77. The standard InChI is InChI=1S/C65H52N2OSi2/c1-69(2,3)48-35-31-45(32-36-48)66(44-21-10-7-11-22-44)47-33-37-53-58-41-55-50-24-12-13-25-51(50)60(42-56(55)54-27-18-30-63(65(54)58)70(4,5)64(53)40-47)67(59-28-16-14-23-49(59)43-19-8-6-9-20-43)46-34-38-62-57(39-46)52-26-15-17-29-61(52)68-62/h6-42H,1-5H3. The number of hydrogen-bond donors (Lipinski definition) is 0. The Morgan fingerprint density at radius 2 is 0.957 bits per heavy atom. The predicted octanol–water partition coefficient (Wildman–Crippen LogP) is 17.0. The Bertz CT molecular complexity index is 4020. The lowest BCUT2D eigenvalue weighted by Crippen LogP contribution is -2.56. The van der Waals surface area contributed by atoms with E-state index in [4.69, 9.17) is 4.42 Å². The highest BCUT2D eigenvalue weighted by Crippen LogP contribution is 2.49. The van der Waals surface area contributed by atoms with Crippen LogP contribution in [0, 0.1) is 0 Å². The Morgan fingerprint density at radius 1 is 0.357 bits per heavy atom. The largest absolute Gasteiger partial charge is 0.456 e. The molecule has 0 saturated carbocycles. The summed E-state index contributed by atoms with van der Waals surface area (Å²) in [7, 11) is -3.76. The Kier molecular flexibility index (Phi) is 9.67. The SMILES string of the molecule is C[Si](C)(C)c1ccc(N(c2ccccc2)c2ccc3c(c2)[Si](C)(C)c2cccc4c2c-3cc2c3ccccc3c(N(c3ccc5oc6ccccc6c5c3)c3ccccc3-c3ccccc3)cc42)cc1. The van der Waals surface area contributed by atoms with Crippen LogP contribution < -0.4 is 25.4 Å². The minimum absolute atomic E-state index is 0.883. The molecule has 0 unspecified atom stereocenters. The van der Waals surface area contributed by atoms with Gasteiger partial charge in [0.1, 0.15) is 19.2 Å². The molecule has 0 saturated heterocycles. The zero-order chi connectivity index (χ0) is 47.3. The maximum Gasteiger partial charge on any atom is 0.135 e. The summed E-state index contributed by atoms with van der Waals surface area (Å²) in [6.07, 6.45) is 0. The van der Waals surface area contributed by atoms with E-state index in [9.17, 15) is 0 Å². The van der Waals surface area contributed by atoms with E-state index in [2.05, 4.69) is 261 Å². The molecule has 2 heterocycles. The summed E-state index contributed by atoms with van der Waals surface area (Å²) in [6.45, 7) is 12.4. The molecule has 1 aliphatic heterocycles. The number of furan rings is 1. The molecule has 0 aliphatic carbocycles. The van der Waals surface area contributed by atoms with Gasteiger partial charge >= 0.3 is 0 Å². The predicted molar refractivity (Wildman–Crippen MR) is 306 cm³/mol. The lowest BCUT2D eigenvalue weighted by atomic mass is 9.89. The van der Waals surface area contributed by atoms with Gasteiger partial charge in [0, 0.05) is 44.5 Å². The minimum Gasteiger partial charge on any atom is -0.456 e. The van der Waals surface area contributed by atoms with Crippen molar-refractivity contribution < 1.29 is 4.42 Å². The van der Waals surface area contributed by atoms with E-state index in [1.54, 1.807) is 0 Å². The van der Waals surface area contributed by atoms with Crippen molar-refractivity contribution in [3.05, 3.63) is 224 Å². The molecular weight excluding hydrogens is 881 g/mol. The Labute approximate surface area is 411 Å². The zero-order valence-electron chi connectivity index (χ0n) is 40.2. The molecule has 12 aromatic rings. The number of fused-ring (bicyclic) bond motifs is 9. The molecule has 0 fully saturated rings. The van der Waals surface area contributed by atoms with Gasteiger partial charge in [0.25, 0.3) is 0 Å². The fourth-order valence-electron chi connectivity index (χ4n) is 11.5. The maximum absolute atomic E-state index is 6.40. The van der Waals surface area contributed by atoms with Crippen LogP contribution in [0.25, 0.3) is 76.5 Å². The van der Waals surface area contributed by atoms with Crippen LogP contribution in [-0.2, 0) is 0 Å². The van der Waals surface area contributed by atoms with Crippen molar-refractivity contribution in [2.24, 2.45) is 0 Å². The van der Waals surface area contributed by atoms with Crippen LogP contribution in [0.15, 0.2) is 229 Å². The Balaban J connectivity index is 1.05. The van der Waals surface area contributed by atoms with Crippen molar-refractivity contribution in [2.45, 2.75) is 32.7 Å². The lowest BCUT2D eigenvalue weighted by molar-refractivity contribution is 0.669.